The number of rotatable bonds is 6. The average Bonchev–Trinajstić information content (AvgIpc) is 2.98. The number of aliphatic hydroxyl groups is 1. The van der Waals surface area contributed by atoms with Gasteiger partial charge in [0, 0.05) is 12.5 Å². The molecule has 0 radical (unpaired) electrons. The topological polar surface area (TPSA) is 62.4 Å². The fraction of sp³-hybridized carbons (Fsp3) is 0.818. The van der Waals surface area contributed by atoms with Crippen molar-refractivity contribution in [2.75, 3.05) is 13.6 Å². The van der Waals surface area contributed by atoms with Crippen LogP contribution in [0.3, 0.4) is 0 Å². The zero-order chi connectivity index (χ0) is 11.5. The molecule has 2 rings (SSSR count). The molecule has 16 heavy (non-hydrogen) atoms. The maximum Gasteiger partial charge on any atom is 0.240 e. The molecule has 1 aromatic heterocycles. The van der Waals surface area contributed by atoms with Crippen LogP contribution in [0.15, 0.2) is 4.52 Å². The van der Waals surface area contributed by atoms with Crippen LogP contribution in [0, 0.1) is 0 Å². The normalized spacial score (nSPS) is 18.0. The highest BCUT2D eigenvalue weighted by Gasteiger charge is 2.28. The minimum atomic E-state index is -0.257. The van der Waals surface area contributed by atoms with Crippen molar-refractivity contribution in [3.8, 4) is 0 Å². The van der Waals surface area contributed by atoms with E-state index in [0.717, 1.165) is 18.8 Å². The van der Waals surface area contributed by atoms with Crippen molar-refractivity contribution in [3.05, 3.63) is 11.7 Å². The Labute approximate surface area is 95.4 Å². The second-order valence-corrected chi connectivity index (χ2v) is 4.70. The average molecular weight is 225 g/mol. The van der Waals surface area contributed by atoms with E-state index in [0.29, 0.717) is 18.4 Å². The first-order chi connectivity index (χ1) is 7.65. The van der Waals surface area contributed by atoms with E-state index in [2.05, 4.69) is 15.0 Å². The molecule has 5 nitrogen and oxygen atoms in total. The van der Waals surface area contributed by atoms with Crippen LogP contribution in [0.4, 0.5) is 0 Å². The standard InChI is InChI=1S/C11H19N3O2/c1-8(15)5-6-14(2)7-10-12-11(13-16-10)9-3-4-9/h8-9,15H,3-7H2,1-2H3. The van der Waals surface area contributed by atoms with Crippen LogP contribution in [0.1, 0.15) is 43.8 Å². The van der Waals surface area contributed by atoms with E-state index in [1.807, 2.05) is 7.05 Å². The second-order valence-electron chi connectivity index (χ2n) is 4.70. The molecule has 0 bridgehead atoms. The monoisotopic (exact) mass is 225 g/mol. The summed E-state index contributed by atoms with van der Waals surface area (Å²) in [5.74, 6) is 2.08. The minimum Gasteiger partial charge on any atom is -0.393 e. The van der Waals surface area contributed by atoms with Crippen molar-refractivity contribution in [2.24, 2.45) is 0 Å². The zero-order valence-electron chi connectivity index (χ0n) is 9.89. The third kappa shape index (κ3) is 3.28. The van der Waals surface area contributed by atoms with Gasteiger partial charge < -0.3 is 9.63 Å². The molecule has 1 N–H and O–H groups in total. The van der Waals surface area contributed by atoms with Gasteiger partial charge in [-0.15, -0.1) is 0 Å². The van der Waals surface area contributed by atoms with Gasteiger partial charge in [0.25, 0.3) is 0 Å². The lowest BCUT2D eigenvalue weighted by Crippen LogP contribution is -2.22. The highest BCUT2D eigenvalue weighted by atomic mass is 16.5. The number of hydrogen-bond donors (Lipinski definition) is 1. The molecule has 5 heteroatoms. The summed E-state index contributed by atoms with van der Waals surface area (Å²) in [5, 5.41) is 13.1. The van der Waals surface area contributed by atoms with Gasteiger partial charge in [-0.2, -0.15) is 4.98 Å². The third-order valence-electron chi connectivity index (χ3n) is 2.76. The van der Waals surface area contributed by atoms with Crippen molar-refractivity contribution in [1.29, 1.82) is 0 Å². The third-order valence-corrected chi connectivity index (χ3v) is 2.76. The Kier molecular flexibility index (Phi) is 3.56. The maximum absolute atomic E-state index is 9.17. The van der Waals surface area contributed by atoms with Crippen molar-refractivity contribution in [3.63, 3.8) is 0 Å². The molecule has 1 aliphatic carbocycles. The summed E-state index contributed by atoms with van der Waals surface area (Å²) in [7, 11) is 1.99. The number of nitrogens with zero attached hydrogens (tertiary/aromatic N) is 3. The molecule has 1 heterocycles. The summed E-state index contributed by atoms with van der Waals surface area (Å²) >= 11 is 0. The second kappa shape index (κ2) is 4.93. The lowest BCUT2D eigenvalue weighted by Gasteiger charge is -2.14. The molecule has 0 aromatic carbocycles. The largest absolute Gasteiger partial charge is 0.393 e. The summed E-state index contributed by atoms with van der Waals surface area (Å²) in [6.07, 6.45) is 2.89. The van der Waals surface area contributed by atoms with Gasteiger partial charge in [0.15, 0.2) is 5.82 Å². The van der Waals surface area contributed by atoms with Gasteiger partial charge in [-0.1, -0.05) is 5.16 Å². The summed E-state index contributed by atoms with van der Waals surface area (Å²) in [6.45, 7) is 3.29. The molecule has 0 aliphatic heterocycles. The van der Waals surface area contributed by atoms with Gasteiger partial charge in [0.05, 0.1) is 12.6 Å². The van der Waals surface area contributed by atoms with E-state index >= 15 is 0 Å². The summed E-state index contributed by atoms with van der Waals surface area (Å²) in [4.78, 5) is 6.44. The Morgan fingerprint density at radius 2 is 2.31 bits per heavy atom. The van der Waals surface area contributed by atoms with Crippen LogP contribution in [0.25, 0.3) is 0 Å². The lowest BCUT2D eigenvalue weighted by atomic mass is 10.3. The van der Waals surface area contributed by atoms with Gasteiger partial charge in [-0.25, -0.2) is 0 Å². The lowest BCUT2D eigenvalue weighted by molar-refractivity contribution is 0.158. The molecule has 0 spiro atoms. The predicted molar refractivity (Wildman–Crippen MR) is 58.9 cm³/mol. The molecule has 90 valence electrons. The van der Waals surface area contributed by atoms with Gasteiger partial charge in [0.2, 0.25) is 5.89 Å². The van der Waals surface area contributed by atoms with Crippen LogP contribution in [-0.2, 0) is 6.54 Å². The van der Waals surface area contributed by atoms with Crippen molar-refractivity contribution >= 4 is 0 Å². The molecule has 1 aromatic rings. The van der Waals surface area contributed by atoms with Gasteiger partial charge in [-0.3, -0.25) is 4.90 Å². The Morgan fingerprint density at radius 1 is 1.56 bits per heavy atom. The molecule has 1 saturated carbocycles. The van der Waals surface area contributed by atoms with E-state index < -0.39 is 0 Å². The first-order valence-electron chi connectivity index (χ1n) is 5.84. The summed E-state index contributed by atoms with van der Waals surface area (Å²) in [6, 6.07) is 0. The Hall–Kier alpha value is -0.940. The molecule has 1 aliphatic rings. The predicted octanol–water partition coefficient (Wildman–Crippen LogP) is 1.15. The highest BCUT2D eigenvalue weighted by molar-refractivity contribution is 5.03. The first-order valence-corrected chi connectivity index (χ1v) is 5.84. The SMILES string of the molecule is CC(O)CCN(C)Cc1nc(C2CC2)no1. The minimum absolute atomic E-state index is 0.257. The van der Waals surface area contributed by atoms with E-state index in [9.17, 15) is 5.11 Å². The molecule has 1 unspecified atom stereocenters. The first kappa shape index (κ1) is 11.5. The fourth-order valence-corrected chi connectivity index (χ4v) is 1.56. The van der Waals surface area contributed by atoms with Crippen LogP contribution < -0.4 is 0 Å². The molecular formula is C11H19N3O2. The molecule has 1 atom stereocenters. The number of aliphatic hydroxyl groups excluding tert-OH is 1. The highest BCUT2D eigenvalue weighted by Crippen LogP contribution is 2.38. The smallest absolute Gasteiger partial charge is 0.240 e. The van der Waals surface area contributed by atoms with E-state index in [-0.39, 0.29) is 6.10 Å². The molecular weight excluding hydrogens is 206 g/mol. The van der Waals surface area contributed by atoms with Gasteiger partial charge in [0.1, 0.15) is 0 Å². The van der Waals surface area contributed by atoms with E-state index in [1.165, 1.54) is 12.8 Å². The van der Waals surface area contributed by atoms with Gasteiger partial charge in [-0.05, 0) is 33.2 Å². The van der Waals surface area contributed by atoms with E-state index in [4.69, 9.17) is 4.52 Å². The maximum atomic E-state index is 9.17. The molecule has 0 amide bonds. The van der Waals surface area contributed by atoms with Crippen molar-refractivity contribution in [1.82, 2.24) is 15.0 Å². The fourth-order valence-electron chi connectivity index (χ4n) is 1.56. The molecule has 0 saturated heterocycles. The number of aromatic nitrogens is 2. The summed E-state index contributed by atoms with van der Waals surface area (Å²) < 4.78 is 5.18. The van der Waals surface area contributed by atoms with Crippen LogP contribution >= 0.6 is 0 Å². The number of hydrogen-bond acceptors (Lipinski definition) is 5. The summed E-state index contributed by atoms with van der Waals surface area (Å²) in [5.41, 5.74) is 0. The quantitative estimate of drug-likeness (QED) is 0.787. The zero-order valence-corrected chi connectivity index (χ0v) is 9.89. The van der Waals surface area contributed by atoms with Crippen molar-refractivity contribution in [2.45, 2.75) is 44.8 Å². The van der Waals surface area contributed by atoms with Crippen LogP contribution in [0.2, 0.25) is 0 Å². The Balaban J connectivity index is 1.78. The van der Waals surface area contributed by atoms with Gasteiger partial charge >= 0.3 is 0 Å². The van der Waals surface area contributed by atoms with E-state index in [1.54, 1.807) is 6.92 Å². The van der Waals surface area contributed by atoms with Crippen molar-refractivity contribution < 1.29 is 9.63 Å². The van der Waals surface area contributed by atoms with Crippen LogP contribution in [-0.4, -0.2) is 39.8 Å². The Bertz CT molecular complexity index is 334. The molecule has 1 fully saturated rings. The Morgan fingerprint density at radius 3 is 2.94 bits per heavy atom. The van der Waals surface area contributed by atoms with Crippen LogP contribution in [0.5, 0.6) is 0 Å².